The fourth-order valence-corrected chi connectivity index (χ4v) is 6.04. The normalized spacial score (nSPS) is 28.6. The zero-order valence-electron chi connectivity index (χ0n) is 25.1. The van der Waals surface area contributed by atoms with E-state index in [-0.39, 0.29) is 24.1 Å². The van der Waals surface area contributed by atoms with Crippen LogP contribution < -0.4 is 14.2 Å². The van der Waals surface area contributed by atoms with Crippen LogP contribution in [0.2, 0.25) is 0 Å². The fraction of sp³-hybridized carbons (Fsp3) is 0.742. The smallest absolute Gasteiger partial charge is 0.338 e. The Morgan fingerprint density at radius 3 is 2.17 bits per heavy atom. The molecule has 2 fully saturated rings. The van der Waals surface area contributed by atoms with E-state index in [2.05, 4.69) is 9.80 Å². The first-order chi connectivity index (χ1) is 20.0. The minimum Gasteiger partial charge on any atom is -0.493 e. The molecule has 0 aromatic heterocycles. The molecule has 0 radical (unpaired) electrons. The van der Waals surface area contributed by atoms with Crippen molar-refractivity contribution in [3.63, 3.8) is 0 Å². The van der Waals surface area contributed by atoms with Crippen LogP contribution in [-0.4, -0.2) is 108 Å². The number of fused-ring (bicyclic) bond motifs is 5. The Morgan fingerprint density at radius 2 is 1.46 bits per heavy atom. The van der Waals surface area contributed by atoms with Gasteiger partial charge in [0.1, 0.15) is 6.10 Å². The van der Waals surface area contributed by atoms with Crippen LogP contribution in [-0.2, 0) is 19.0 Å². The summed E-state index contributed by atoms with van der Waals surface area (Å²) >= 11 is 0. The Morgan fingerprint density at radius 1 is 0.756 bits per heavy atom. The maximum Gasteiger partial charge on any atom is 0.338 e. The third-order valence-corrected chi connectivity index (χ3v) is 8.53. The van der Waals surface area contributed by atoms with Crippen molar-refractivity contribution >= 4 is 11.9 Å². The van der Waals surface area contributed by atoms with Crippen LogP contribution >= 0.6 is 0 Å². The first kappa shape index (κ1) is 31.4. The Balaban J connectivity index is 1.46. The lowest BCUT2D eigenvalue weighted by atomic mass is 9.87. The van der Waals surface area contributed by atoms with E-state index in [0.29, 0.717) is 48.9 Å². The molecule has 0 spiro atoms. The number of esters is 2. The van der Waals surface area contributed by atoms with Gasteiger partial charge < -0.3 is 38.2 Å². The maximum absolute atomic E-state index is 13.2. The van der Waals surface area contributed by atoms with Crippen molar-refractivity contribution in [1.29, 1.82) is 0 Å². The van der Waals surface area contributed by atoms with Crippen LogP contribution in [0.25, 0.3) is 0 Å². The van der Waals surface area contributed by atoms with Gasteiger partial charge in [-0.1, -0.05) is 0 Å². The highest BCUT2D eigenvalue weighted by molar-refractivity contribution is 5.91. The van der Waals surface area contributed by atoms with Gasteiger partial charge in [-0.2, -0.15) is 0 Å². The topological polar surface area (TPSA) is 96.0 Å². The number of nitrogens with zero attached hydrogens (tertiary/aromatic N) is 2. The molecular formula is C31H48N2O8. The number of methoxy groups -OCH3 is 3. The highest BCUT2D eigenvalue weighted by Gasteiger charge is 2.29. The van der Waals surface area contributed by atoms with Gasteiger partial charge in [0.05, 0.1) is 45.0 Å². The van der Waals surface area contributed by atoms with Gasteiger partial charge in [-0.3, -0.25) is 4.79 Å². The summed E-state index contributed by atoms with van der Waals surface area (Å²) in [5.74, 6) is 0.711. The van der Waals surface area contributed by atoms with Crippen molar-refractivity contribution in [2.24, 2.45) is 5.92 Å². The first-order valence-corrected chi connectivity index (χ1v) is 15.2. The summed E-state index contributed by atoms with van der Waals surface area (Å²) in [6.45, 7) is 6.54. The van der Waals surface area contributed by atoms with Gasteiger partial charge in [-0.05, 0) is 83.0 Å². The number of carbonyl (C=O) groups excluding carboxylic acids is 2. The van der Waals surface area contributed by atoms with Gasteiger partial charge in [0, 0.05) is 33.3 Å². The second kappa shape index (κ2) is 16.2. The zero-order chi connectivity index (χ0) is 29.0. The third-order valence-electron chi connectivity index (χ3n) is 8.53. The Hall–Kier alpha value is -2.56. The van der Waals surface area contributed by atoms with Crippen LogP contribution in [0.15, 0.2) is 12.1 Å². The molecule has 10 nitrogen and oxygen atoms in total. The quantitative estimate of drug-likeness (QED) is 0.480. The van der Waals surface area contributed by atoms with E-state index >= 15 is 0 Å². The van der Waals surface area contributed by atoms with Gasteiger partial charge in [-0.15, -0.1) is 0 Å². The van der Waals surface area contributed by atoms with E-state index in [1.54, 1.807) is 26.4 Å². The number of cyclic esters (lactones) is 1. The molecule has 10 heteroatoms. The summed E-state index contributed by atoms with van der Waals surface area (Å²) in [6, 6.07) is 3.27. The van der Waals surface area contributed by atoms with Crippen molar-refractivity contribution in [2.45, 2.75) is 70.0 Å². The molecule has 0 amide bonds. The van der Waals surface area contributed by atoms with E-state index < -0.39 is 5.97 Å². The monoisotopic (exact) mass is 576 g/mol. The minimum absolute atomic E-state index is 0.0550. The van der Waals surface area contributed by atoms with Crippen molar-refractivity contribution in [3.05, 3.63) is 17.7 Å². The van der Waals surface area contributed by atoms with Crippen LogP contribution in [0.5, 0.6) is 17.2 Å². The third kappa shape index (κ3) is 9.21. The molecule has 2 aliphatic heterocycles. The lowest BCUT2D eigenvalue weighted by Crippen LogP contribution is -2.35. The number of benzene rings is 1. The van der Waals surface area contributed by atoms with Gasteiger partial charge in [-0.25, -0.2) is 4.79 Å². The van der Waals surface area contributed by atoms with Gasteiger partial charge in [0.25, 0.3) is 0 Å². The van der Waals surface area contributed by atoms with Crippen LogP contribution in [0, 0.1) is 5.92 Å². The summed E-state index contributed by atoms with van der Waals surface area (Å²) in [5, 5.41) is 0. The molecule has 4 rings (SSSR count). The molecule has 1 aromatic carbocycles. The molecule has 1 aromatic rings. The molecule has 0 N–H and O–H groups in total. The summed E-state index contributed by atoms with van der Waals surface area (Å²) in [4.78, 5) is 30.9. The summed E-state index contributed by atoms with van der Waals surface area (Å²) in [5.41, 5.74) is 0.357. The molecule has 1 saturated carbocycles. The predicted octanol–water partition coefficient (Wildman–Crippen LogP) is 3.94. The zero-order valence-corrected chi connectivity index (χ0v) is 25.1. The fourth-order valence-electron chi connectivity index (χ4n) is 6.04. The standard InChI is InChI=1S/C31H48N2O8/c1-36-25-10-8-23(9-11-25)31(35)41-26-7-4-19-39-28-22-24(21-27(37-2)29(28)38-3)30(34)40-20-6-15-32-13-5-14-33(16-12-26)18-17-32/h21-23,25-26H,4-20H2,1-3H3. The lowest BCUT2D eigenvalue weighted by Gasteiger charge is -2.29. The van der Waals surface area contributed by atoms with E-state index in [1.165, 1.54) is 7.11 Å². The van der Waals surface area contributed by atoms with E-state index in [4.69, 9.17) is 28.4 Å². The molecule has 2 heterocycles. The van der Waals surface area contributed by atoms with Crippen molar-refractivity contribution in [2.75, 3.05) is 73.8 Å². The molecule has 1 saturated heterocycles. The van der Waals surface area contributed by atoms with Crippen molar-refractivity contribution in [3.8, 4) is 17.2 Å². The first-order valence-electron chi connectivity index (χ1n) is 15.2. The second-order valence-electron chi connectivity index (χ2n) is 11.3. The Kier molecular flexibility index (Phi) is 12.4. The molecule has 3 unspecified atom stereocenters. The van der Waals surface area contributed by atoms with E-state index in [9.17, 15) is 9.59 Å². The van der Waals surface area contributed by atoms with Gasteiger partial charge >= 0.3 is 11.9 Å². The molecular weight excluding hydrogens is 528 g/mol. The van der Waals surface area contributed by atoms with Crippen LogP contribution in [0.1, 0.15) is 68.1 Å². The average molecular weight is 577 g/mol. The Bertz CT molecular complexity index is 981. The number of hydrogen-bond acceptors (Lipinski definition) is 10. The highest BCUT2D eigenvalue weighted by atomic mass is 16.6. The highest BCUT2D eigenvalue weighted by Crippen LogP contribution is 2.39. The van der Waals surface area contributed by atoms with Gasteiger partial charge in [0.15, 0.2) is 11.5 Å². The maximum atomic E-state index is 13.2. The number of hydrogen-bond donors (Lipinski definition) is 0. The largest absolute Gasteiger partial charge is 0.493 e. The Labute approximate surface area is 244 Å². The SMILES string of the molecule is COc1cc2cc(c1OC)OCCCC(OC(=O)C1CCC(OC)CC1)CCN1CCCN(CCCOC2=O)CC1. The summed E-state index contributed by atoms with van der Waals surface area (Å²) in [7, 11) is 4.81. The minimum atomic E-state index is -0.415. The van der Waals surface area contributed by atoms with E-state index in [0.717, 1.165) is 84.2 Å². The van der Waals surface area contributed by atoms with Gasteiger partial charge in [0.2, 0.25) is 5.75 Å². The predicted molar refractivity (Wildman–Crippen MR) is 154 cm³/mol. The number of rotatable bonds is 5. The lowest BCUT2D eigenvalue weighted by molar-refractivity contribution is -0.157. The van der Waals surface area contributed by atoms with E-state index in [1.807, 2.05) is 0 Å². The molecule has 3 aliphatic rings. The summed E-state index contributed by atoms with van der Waals surface area (Å²) in [6.07, 6.45) is 7.54. The molecule has 41 heavy (non-hydrogen) atoms. The second-order valence-corrected chi connectivity index (χ2v) is 11.3. The molecule has 3 atom stereocenters. The molecule has 230 valence electrons. The molecule has 1 aliphatic carbocycles. The van der Waals surface area contributed by atoms with Crippen molar-refractivity contribution < 1.29 is 38.0 Å². The number of ether oxygens (including phenoxy) is 6. The van der Waals surface area contributed by atoms with Crippen molar-refractivity contribution in [1.82, 2.24) is 9.80 Å². The summed E-state index contributed by atoms with van der Waals surface area (Å²) < 4.78 is 34.3. The average Bonchev–Trinajstić information content (AvgIpc) is 3.24. The van der Waals surface area contributed by atoms with Crippen LogP contribution in [0.4, 0.5) is 0 Å². The van der Waals surface area contributed by atoms with Crippen LogP contribution in [0.3, 0.4) is 0 Å². The number of carbonyl (C=O) groups is 2. The molecule has 4 bridgehead atoms.